The van der Waals surface area contributed by atoms with Gasteiger partial charge in [-0.25, -0.2) is 0 Å². The molecule has 1 saturated heterocycles. The number of methoxy groups -OCH3 is 1. The predicted molar refractivity (Wildman–Crippen MR) is 77.3 cm³/mol. The topological polar surface area (TPSA) is 47.7 Å². The monoisotopic (exact) mass is 270 g/mol. The molecule has 2 rings (SSSR count). The molecule has 1 spiro atoms. The first-order valence-electron chi connectivity index (χ1n) is 7.74. The highest BCUT2D eigenvalue weighted by molar-refractivity contribution is 4.92. The van der Waals surface area contributed by atoms with Crippen molar-refractivity contribution >= 4 is 0 Å². The first kappa shape index (κ1) is 15.2. The summed E-state index contributed by atoms with van der Waals surface area (Å²) in [4.78, 5) is 2.42. The van der Waals surface area contributed by atoms with Crippen molar-refractivity contribution in [2.75, 3.05) is 33.9 Å². The van der Waals surface area contributed by atoms with Crippen LogP contribution in [0.4, 0.5) is 0 Å². The van der Waals surface area contributed by atoms with Crippen molar-refractivity contribution in [3.05, 3.63) is 0 Å². The van der Waals surface area contributed by atoms with Crippen LogP contribution < -0.4 is 5.73 Å². The van der Waals surface area contributed by atoms with E-state index in [-0.39, 0.29) is 11.6 Å². The summed E-state index contributed by atoms with van der Waals surface area (Å²) in [5.74, 6) is 0. The molecule has 1 aliphatic heterocycles. The predicted octanol–water partition coefficient (Wildman–Crippen LogP) is 1.77. The zero-order valence-electron chi connectivity index (χ0n) is 12.6. The van der Waals surface area contributed by atoms with Crippen LogP contribution in [0.1, 0.15) is 44.9 Å². The molecule has 0 radical (unpaired) electrons. The minimum atomic E-state index is 0.111. The summed E-state index contributed by atoms with van der Waals surface area (Å²) in [6.45, 7) is 2.46. The lowest BCUT2D eigenvalue weighted by atomic mass is 9.78. The first-order valence-corrected chi connectivity index (χ1v) is 7.74. The summed E-state index contributed by atoms with van der Waals surface area (Å²) in [7, 11) is 3.91. The van der Waals surface area contributed by atoms with E-state index in [0.717, 1.165) is 19.6 Å². The van der Waals surface area contributed by atoms with Crippen LogP contribution >= 0.6 is 0 Å². The van der Waals surface area contributed by atoms with E-state index in [9.17, 15) is 0 Å². The number of hydrogen-bond acceptors (Lipinski definition) is 4. The summed E-state index contributed by atoms with van der Waals surface area (Å²) >= 11 is 0. The molecular formula is C15H30N2O2. The lowest BCUT2D eigenvalue weighted by Gasteiger charge is -2.46. The highest BCUT2D eigenvalue weighted by atomic mass is 16.5. The van der Waals surface area contributed by atoms with Gasteiger partial charge in [-0.05, 0) is 32.7 Å². The van der Waals surface area contributed by atoms with Crippen LogP contribution in [0.25, 0.3) is 0 Å². The van der Waals surface area contributed by atoms with E-state index in [1.807, 2.05) is 0 Å². The van der Waals surface area contributed by atoms with Gasteiger partial charge < -0.3 is 20.1 Å². The van der Waals surface area contributed by atoms with Crippen molar-refractivity contribution in [2.45, 2.75) is 62.6 Å². The van der Waals surface area contributed by atoms with Crippen LogP contribution in [-0.2, 0) is 9.47 Å². The Bertz CT molecular complexity index is 261. The van der Waals surface area contributed by atoms with Gasteiger partial charge in [0.05, 0.1) is 12.2 Å². The van der Waals surface area contributed by atoms with E-state index in [4.69, 9.17) is 15.2 Å². The highest BCUT2D eigenvalue weighted by Crippen LogP contribution is 2.39. The maximum absolute atomic E-state index is 6.16. The maximum Gasteiger partial charge on any atom is 0.0697 e. The Hall–Kier alpha value is -0.160. The molecule has 2 N–H and O–H groups in total. The second-order valence-electron chi connectivity index (χ2n) is 6.39. The third kappa shape index (κ3) is 4.15. The van der Waals surface area contributed by atoms with E-state index >= 15 is 0 Å². The Kier molecular flexibility index (Phi) is 5.63. The molecule has 1 saturated carbocycles. The quantitative estimate of drug-likeness (QED) is 0.827. The fourth-order valence-electron chi connectivity index (χ4n) is 3.71. The molecule has 19 heavy (non-hydrogen) atoms. The largest absolute Gasteiger partial charge is 0.383 e. The minimum Gasteiger partial charge on any atom is -0.383 e. The van der Waals surface area contributed by atoms with Crippen LogP contribution in [0, 0.1) is 0 Å². The Labute approximate surface area is 117 Å². The number of nitrogens with zero attached hydrogens (tertiary/aromatic N) is 1. The minimum absolute atomic E-state index is 0.111. The van der Waals surface area contributed by atoms with Crippen molar-refractivity contribution in [3.8, 4) is 0 Å². The maximum atomic E-state index is 6.16. The lowest BCUT2D eigenvalue weighted by Crippen LogP contribution is -2.51. The van der Waals surface area contributed by atoms with E-state index in [2.05, 4.69) is 11.9 Å². The fourth-order valence-corrected chi connectivity index (χ4v) is 3.71. The normalized spacial score (nSPS) is 28.7. The molecule has 2 unspecified atom stereocenters. The standard InChI is InChI=1S/C15H30N2O2/c1-17(11-13(16)12-18-2)14-6-9-19-15(10-14)7-4-3-5-8-15/h13-14H,3-12,16H2,1-2H3. The fraction of sp³-hybridized carbons (Fsp3) is 1.00. The van der Waals surface area contributed by atoms with Gasteiger partial charge in [0, 0.05) is 32.3 Å². The van der Waals surface area contributed by atoms with Crippen LogP contribution in [-0.4, -0.2) is 56.5 Å². The van der Waals surface area contributed by atoms with Crippen LogP contribution in [0.3, 0.4) is 0 Å². The Morgan fingerprint density at radius 1 is 1.37 bits per heavy atom. The van der Waals surface area contributed by atoms with Gasteiger partial charge in [-0.1, -0.05) is 19.3 Å². The van der Waals surface area contributed by atoms with E-state index < -0.39 is 0 Å². The molecule has 0 aromatic rings. The Morgan fingerprint density at radius 2 is 2.11 bits per heavy atom. The average Bonchev–Trinajstić information content (AvgIpc) is 2.40. The van der Waals surface area contributed by atoms with Crippen LogP contribution in [0.2, 0.25) is 0 Å². The summed E-state index contributed by atoms with van der Waals surface area (Å²) in [6, 6.07) is 0.731. The Morgan fingerprint density at radius 3 is 2.79 bits per heavy atom. The molecule has 0 bridgehead atoms. The van der Waals surface area contributed by atoms with Crippen molar-refractivity contribution in [2.24, 2.45) is 5.73 Å². The van der Waals surface area contributed by atoms with Crippen molar-refractivity contribution in [1.29, 1.82) is 0 Å². The molecule has 4 nitrogen and oxygen atoms in total. The number of nitrogens with two attached hydrogens (primary N) is 1. The molecule has 2 atom stereocenters. The number of hydrogen-bond donors (Lipinski definition) is 1. The number of rotatable bonds is 5. The smallest absolute Gasteiger partial charge is 0.0697 e. The summed E-state index contributed by atoms with van der Waals surface area (Å²) in [6.07, 6.45) is 8.87. The second kappa shape index (κ2) is 7.02. The first-order chi connectivity index (χ1) is 9.15. The average molecular weight is 270 g/mol. The Balaban J connectivity index is 1.85. The molecule has 1 heterocycles. The van der Waals surface area contributed by atoms with Gasteiger partial charge >= 0.3 is 0 Å². The molecular weight excluding hydrogens is 240 g/mol. The van der Waals surface area contributed by atoms with Gasteiger partial charge in [0.15, 0.2) is 0 Å². The van der Waals surface area contributed by atoms with E-state index in [1.54, 1.807) is 7.11 Å². The molecule has 1 aliphatic carbocycles. The molecule has 2 aliphatic rings. The van der Waals surface area contributed by atoms with E-state index in [1.165, 1.54) is 38.5 Å². The second-order valence-corrected chi connectivity index (χ2v) is 6.39. The van der Waals surface area contributed by atoms with Crippen LogP contribution in [0.15, 0.2) is 0 Å². The SMILES string of the molecule is COCC(N)CN(C)C1CCOC2(CCCCC2)C1. The third-order valence-electron chi connectivity index (χ3n) is 4.76. The molecule has 112 valence electrons. The van der Waals surface area contributed by atoms with Crippen LogP contribution in [0.5, 0.6) is 0 Å². The number of likely N-dealkylation sites (N-methyl/N-ethyl adjacent to an activating group) is 1. The van der Waals surface area contributed by atoms with Gasteiger partial charge in [0.1, 0.15) is 0 Å². The summed E-state index contributed by atoms with van der Waals surface area (Å²) in [5, 5.41) is 0. The molecule has 2 fully saturated rings. The van der Waals surface area contributed by atoms with Gasteiger partial charge in [-0.2, -0.15) is 0 Å². The molecule has 0 aromatic carbocycles. The van der Waals surface area contributed by atoms with Crippen molar-refractivity contribution in [1.82, 2.24) is 4.90 Å². The molecule has 0 aromatic heterocycles. The zero-order chi connectivity index (χ0) is 13.7. The van der Waals surface area contributed by atoms with E-state index in [0.29, 0.717) is 12.6 Å². The van der Waals surface area contributed by atoms with Gasteiger partial charge in [0.2, 0.25) is 0 Å². The number of ether oxygens (including phenoxy) is 2. The van der Waals surface area contributed by atoms with Gasteiger partial charge in [0.25, 0.3) is 0 Å². The third-order valence-corrected chi connectivity index (χ3v) is 4.76. The summed E-state index contributed by atoms with van der Waals surface area (Å²) in [5.41, 5.74) is 6.25. The molecule has 0 amide bonds. The van der Waals surface area contributed by atoms with Gasteiger partial charge in [-0.3, -0.25) is 0 Å². The summed E-state index contributed by atoms with van der Waals surface area (Å²) < 4.78 is 11.3. The van der Waals surface area contributed by atoms with Gasteiger partial charge in [-0.15, -0.1) is 0 Å². The molecule has 4 heteroatoms. The zero-order valence-corrected chi connectivity index (χ0v) is 12.6. The van der Waals surface area contributed by atoms with Crippen molar-refractivity contribution in [3.63, 3.8) is 0 Å². The van der Waals surface area contributed by atoms with Crippen molar-refractivity contribution < 1.29 is 9.47 Å². The lowest BCUT2D eigenvalue weighted by molar-refractivity contribution is -0.122. The highest BCUT2D eigenvalue weighted by Gasteiger charge is 2.39.